The number of nitrogens with zero attached hydrogens (tertiary/aromatic N) is 1. The molecular weight excluding hydrogens is 370 g/mol. The first kappa shape index (κ1) is 16.7. The van der Waals surface area contributed by atoms with Crippen LogP contribution in [0, 0.1) is 0 Å². The van der Waals surface area contributed by atoms with Crippen LogP contribution in [0.5, 0.6) is 5.75 Å². The first-order chi connectivity index (χ1) is 12.6. The molecule has 132 valence electrons. The molecule has 1 atom stereocenters. The Morgan fingerprint density at radius 2 is 2.23 bits per heavy atom. The van der Waals surface area contributed by atoms with Crippen LogP contribution in [0.1, 0.15) is 12.6 Å². The molecule has 3 aromatic rings. The third-order valence-corrected chi connectivity index (χ3v) is 5.75. The van der Waals surface area contributed by atoms with E-state index in [0.717, 1.165) is 15.6 Å². The van der Waals surface area contributed by atoms with Gasteiger partial charge in [0.05, 0.1) is 22.7 Å². The summed E-state index contributed by atoms with van der Waals surface area (Å²) in [7, 11) is 0. The van der Waals surface area contributed by atoms with E-state index >= 15 is 0 Å². The predicted molar refractivity (Wildman–Crippen MR) is 103 cm³/mol. The Morgan fingerprint density at radius 1 is 1.35 bits per heavy atom. The van der Waals surface area contributed by atoms with E-state index in [1.807, 2.05) is 22.9 Å². The van der Waals surface area contributed by atoms with E-state index in [2.05, 4.69) is 15.6 Å². The van der Waals surface area contributed by atoms with Crippen molar-refractivity contribution in [1.82, 2.24) is 4.98 Å². The fraction of sp³-hybridized carbons (Fsp3) is 0.167. The van der Waals surface area contributed by atoms with Gasteiger partial charge in [0.2, 0.25) is 5.91 Å². The Balaban J connectivity index is 1.42. The Hall–Kier alpha value is -2.71. The summed E-state index contributed by atoms with van der Waals surface area (Å²) in [6.45, 7) is 1.69. The molecule has 2 aromatic heterocycles. The maximum Gasteiger partial charge on any atom is 0.265 e. The van der Waals surface area contributed by atoms with E-state index in [1.165, 1.54) is 11.3 Å². The van der Waals surface area contributed by atoms with Gasteiger partial charge in [-0.2, -0.15) is 0 Å². The number of carbonyl (C=O) groups excluding carboxylic acids is 2. The molecule has 26 heavy (non-hydrogen) atoms. The number of benzene rings is 1. The molecule has 1 aromatic carbocycles. The Morgan fingerprint density at radius 3 is 3.04 bits per heavy atom. The number of ether oxygens (including phenoxy) is 1. The molecule has 4 rings (SSSR count). The number of nitrogens with one attached hydrogen (secondary N) is 2. The smallest absolute Gasteiger partial charge is 0.265 e. The molecule has 6 nitrogen and oxygen atoms in total. The van der Waals surface area contributed by atoms with Gasteiger partial charge in [-0.25, -0.2) is 4.98 Å². The van der Waals surface area contributed by atoms with Crippen LogP contribution in [0.3, 0.4) is 0 Å². The summed E-state index contributed by atoms with van der Waals surface area (Å²) in [5.41, 5.74) is 1.89. The second kappa shape index (κ2) is 6.89. The van der Waals surface area contributed by atoms with Gasteiger partial charge in [-0.05, 0) is 36.6 Å². The zero-order valence-electron chi connectivity index (χ0n) is 13.8. The number of anilines is 2. The number of amides is 2. The van der Waals surface area contributed by atoms with Gasteiger partial charge in [0, 0.05) is 11.1 Å². The van der Waals surface area contributed by atoms with E-state index < -0.39 is 6.10 Å². The zero-order valence-corrected chi connectivity index (χ0v) is 15.4. The molecule has 0 radical (unpaired) electrons. The first-order valence-electron chi connectivity index (χ1n) is 7.98. The maximum atomic E-state index is 12.3. The highest BCUT2D eigenvalue weighted by Crippen LogP contribution is 2.32. The number of carbonyl (C=O) groups is 2. The monoisotopic (exact) mass is 385 g/mol. The highest BCUT2D eigenvalue weighted by molar-refractivity contribution is 7.20. The summed E-state index contributed by atoms with van der Waals surface area (Å²) in [5.74, 6) is 0.226. The molecule has 0 saturated heterocycles. The molecule has 0 unspecified atom stereocenters. The number of hydrogen-bond acceptors (Lipinski definition) is 6. The lowest BCUT2D eigenvalue weighted by Gasteiger charge is -2.23. The summed E-state index contributed by atoms with van der Waals surface area (Å²) in [6.07, 6.45) is -0.330. The minimum atomic E-state index is -0.523. The average Bonchev–Trinajstić information content (AvgIpc) is 3.27. The summed E-state index contributed by atoms with van der Waals surface area (Å²) in [5, 5.41) is 10.4. The van der Waals surface area contributed by atoms with Gasteiger partial charge < -0.3 is 15.4 Å². The van der Waals surface area contributed by atoms with Crippen molar-refractivity contribution in [2.75, 3.05) is 10.6 Å². The third-order valence-electron chi connectivity index (χ3n) is 3.82. The topological polar surface area (TPSA) is 80.3 Å². The van der Waals surface area contributed by atoms with Crippen LogP contribution in [-0.4, -0.2) is 22.9 Å². The van der Waals surface area contributed by atoms with E-state index in [-0.39, 0.29) is 18.2 Å². The fourth-order valence-corrected chi connectivity index (χ4v) is 4.19. The second-order valence-electron chi connectivity index (χ2n) is 5.81. The Labute approximate surface area is 157 Å². The van der Waals surface area contributed by atoms with Crippen LogP contribution in [0.25, 0.3) is 9.88 Å². The maximum absolute atomic E-state index is 12.3. The molecule has 0 aliphatic carbocycles. The molecule has 2 N–H and O–H groups in total. The lowest BCUT2D eigenvalue weighted by Crippen LogP contribution is -2.34. The molecule has 0 bridgehead atoms. The van der Waals surface area contributed by atoms with Crippen molar-refractivity contribution in [1.29, 1.82) is 0 Å². The van der Waals surface area contributed by atoms with Crippen molar-refractivity contribution < 1.29 is 14.3 Å². The zero-order chi connectivity index (χ0) is 18.1. The van der Waals surface area contributed by atoms with Crippen molar-refractivity contribution in [3.05, 3.63) is 46.8 Å². The number of hydrogen-bond donors (Lipinski definition) is 2. The van der Waals surface area contributed by atoms with Crippen molar-refractivity contribution in [3.8, 4) is 15.6 Å². The van der Waals surface area contributed by atoms with E-state index in [1.54, 1.807) is 36.5 Å². The molecule has 0 spiro atoms. The Kier molecular flexibility index (Phi) is 4.44. The van der Waals surface area contributed by atoms with Gasteiger partial charge >= 0.3 is 0 Å². The normalized spacial score (nSPS) is 15.7. The highest BCUT2D eigenvalue weighted by Gasteiger charge is 2.23. The lowest BCUT2D eigenvalue weighted by molar-refractivity contribution is -0.122. The van der Waals surface area contributed by atoms with Gasteiger partial charge in [0.15, 0.2) is 6.10 Å². The van der Waals surface area contributed by atoms with Crippen molar-refractivity contribution in [2.24, 2.45) is 0 Å². The van der Waals surface area contributed by atoms with Crippen LogP contribution >= 0.6 is 22.7 Å². The molecule has 8 heteroatoms. The van der Waals surface area contributed by atoms with Gasteiger partial charge in [0.1, 0.15) is 10.8 Å². The summed E-state index contributed by atoms with van der Waals surface area (Å²) in [6, 6.07) is 9.16. The minimum Gasteiger partial charge on any atom is -0.479 e. The largest absolute Gasteiger partial charge is 0.479 e. The fourth-order valence-electron chi connectivity index (χ4n) is 2.56. The summed E-state index contributed by atoms with van der Waals surface area (Å²) in [4.78, 5) is 29.6. The first-order valence-corrected chi connectivity index (χ1v) is 9.74. The van der Waals surface area contributed by atoms with E-state index in [0.29, 0.717) is 17.1 Å². The number of thiazole rings is 1. The molecule has 3 heterocycles. The molecule has 1 aliphatic rings. The van der Waals surface area contributed by atoms with Gasteiger partial charge in [-0.15, -0.1) is 22.7 Å². The SMILES string of the molecule is C[C@@H]1Oc2ccc(NC(=O)Cc3csc(-c4cccs4)n3)cc2NC1=O. The van der Waals surface area contributed by atoms with Gasteiger partial charge in [-0.1, -0.05) is 6.07 Å². The lowest BCUT2D eigenvalue weighted by atomic mass is 10.2. The summed E-state index contributed by atoms with van der Waals surface area (Å²) >= 11 is 3.16. The van der Waals surface area contributed by atoms with Crippen molar-refractivity contribution in [2.45, 2.75) is 19.4 Å². The molecule has 2 amide bonds. The highest BCUT2D eigenvalue weighted by atomic mass is 32.1. The number of thiophene rings is 1. The van der Waals surface area contributed by atoms with Crippen LogP contribution in [0.4, 0.5) is 11.4 Å². The molecule has 0 fully saturated rings. The third kappa shape index (κ3) is 3.47. The Bertz CT molecular complexity index is 966. The number of rotatable bonds is 4. The van der Waals surface area contributed by atoms with Crippen LogP contribution in [-0.2, 0) is 16.0 Å². The number of aromatic nitrogens is 1. The van der Waals surface area contributed by atoms with E-state index in [4.69, 9.17) is 4.74 Å². The van der Waals surface area contributed by atoms with Crippen LogP contribution in [0.2, 0.25) is 0 Å². The predicted octanol–water partition coefficient (Wildman–Crippen LogP) is 3.77. The van der Waals surface area contributed by atoms with Crippen molar-refractivity contribution in [3.63, 3.8) is 0 Å². The van der Waals surface area contributed by atoms with Gasteiger partial charge in [0.25, 0.3) is 5.91 Å². The number of fused-ring (bicyclic) bond motifs is 1. The van der Waals surface area contributed by atoms with E-state index in [9.17, 15) is 9.59 Å². The summed E-state index contributed by atoms with van der Waals surface area (Å²) < 4.78 is 5.51. The van der Waals surface area contributed by atoms with Crippen LogP contribution < -0.4 is 15.4 Å². The van der Waals surface area contributed by atoms with Crippen LogP contribution in [0.15, 0.2) is 41.1 Å². The van der Waals surface area contributed by atoms with Gasteiger partial charge in [-0.3, -0.25) is 9.59 Å². The molecule has 1 aliphatic heterocycles. The molecule has 0 saturated carbocycles. The molecular formula is C18H15N3O3S2. The quantitative estimate of drug-likeness (QED) is 0.716. The second-order valence-corrected chi connectivity index (χ2v) is 7.61. The van der Waals surface area contributed by atoms with Crippen molar-refractivity contribution >= 4 is 45.9 Å². The standard InChI is InChI=1S/C18H15N3O3S2/c1-10-17(23)21-13-7-11(4-5-14(13)24-10)19-16(22)8-12-9-26-18(20-12)15-3-2-6-25-15/h2-7,9-10H,8H2,1H3,(H,19,22)(H,21,23)/t10-/m0/s1. The minimum absolute atomic E-state index is 0.163. The average molecular weight is 385 g/mol.